The van der Waals surface area contributed by atoms with Crippen molar-refractivity contribution in [3.63, 3.8) is 0 Å². The van der Waals surface area contributed by atoms with Crippen molar-refractivity contribution in [2.75, 3.05) is 6.61 Å². The molecule has 27 heavy (non-hydrogen) atoms. The molecule has 0 spiro atoms. The average Bonchev–Trinajstić information content (AvgIpc) is 3.11. The second kappa shape index (κ2) is 7.23. The molecule has 0 saturated carbocycles. The Morgan fingerprint density at radius 1 is 1.30 bits per heavy atom. The van der Waals surface area contributed by atoms with Crippen LogP contribution in [-0.4, -0.2) is 22.1 Å². The van der Waals surface area contributed by atoms with Crippen LogP contribution in [0, 0.1) is 11.7 Å². The van der Waals surface area contributed by atoms with Gasteiger partial charge in [-0.1, -0.05) is 30.3 Å². The summed E-state index contributed by atoms with van der Waals surface area (Å²) in [5, 5.41) is 3.04. The number of aryl methyl sites for hydroxylation is 1. The molecular formula is C21H20FN3O2. The molecule has 5 nitrogen and oxygen atoms in total. The second-order valence-corrected chi connectivity index (χ2v) is 6.71. The number of carbonyl (C=O) groups is 1. The number of nitrogens with one attached hydrogen (secondary N) is 1. The Morgan fingerprint density at radius 2 is 2.15 bits per heavy atom. The molecule has 0 aliphatic carbocycles. The van der Waals surface area contributed by atoms with E-state index >= 15 is 0 Å². The van der Waals surface area contributed by atoms with E-state index in [1.165, 1.54) is 12.1 Å². The number of benzene rings is 2. The molecule has 0 bridgehead atoms. The zero-order chi connectivity index (χ0) is 18.8. The molecule has 0 radical (unpaired) electrons. The Morgan fingerprint density at radius 3 is 2.93 bits per heavy atom. The fraction of sp³-hybridized carbons (Fsp3) is 0.238. The maximum absolute atomic E-state index is 13.8. The smallest absolute Gasteiger partial charge is 0.227 e. The van der Waals surface area contributed by atoms with Crippen LogP contribution in [0.1, 0.15) is 23.0 Å². The summed E-state index contributed by atoms with van der Waals surface area (Å²) in [6.07, 6.45) is 4.07. The van der Waals surface area contributed by atoms with Crippen LogP contribution in [-0.2, 0) is 18.3 Å². The summed E-state index contributed by atoms with van der Waals surface area (Å²) in [5.41, 5.74) is 1.66. The number of imidazole rings is 1. The Balaban J connectivity index is 1.59. The third kappa shape index (κ3) is 3.56. The standard InChI is InChI=1S/C21H20FN3O2/c1-25-10-9-23-20(25)19(15-6-4-7-17(22)12-15)24-21(26)16-11-14-5-2-3-8-18(14)27-13-16/h2-10,12,16,19H,11,13H2,1H3,(H,24,26)/t16-,19+/m1/s1. The number of rotatable bonds is 4. The van der Waals surface area contributed by atoms with Gasteiger partial charge in [0.15, 0.2) is 0 Å². The molecule has 1 amide bonds. The molecule has 1 aliphatic heterocycles. The number of hydrogen-bond donors (Lipinski definition) is 1. The molecule has 0 unspecified atom stereocenters. The molecule has 6 heteroatoms. The molecule has 1 N–H and O–H groups in total. The van der Waals surface area contributed by atoms with Crippen LogP contribution in [0.5, 0.6) is 5.75 Å². The Labute approximate surface area is 156 Å². The number of fused-ring (bicyclic) bond motifs is 1. The number of para-hydroxylation sites is 1. The summed E-state index contributed by atoms with van der Waals surface area (Å²) in [4.78, 5) is 17.3. The average molecular weight is 365 g/mol. The van der Waals surface area contributed by atoms with Gasteiger partial charge in [-0.05, 0) is 35.7 Å². The van der Waals surface area contributed by atoms with Crippen LogP contribution in [0.3, 0.4) is 0 Å². The minimum atomic E-state index is -0.537. The lowest BCUT2D eigenvalue weighted by molar-refractivity contribution is -0.126. The predicted octanol–water partition coefficient (Wildman–Crippen LogP) is 3.02. The van der Waals surface area contributed by atoms with E-state index in [0.717, 1.165) is 11.3 Å². The SMILES string of the molecule is Cn1ccnc1[C@@H](NC(=O)[C@H]1COc2ccccc2C1)c1cccc(F)c1. The normalized spacial score (nSPS) is 16.9. The van der Waals surface area contributed by atoms with Crippen molar-refractivity contribution in [1.82, 2.24) is 14.9 Å². The van der Waals surface area contributed by atoms with Gasteiger partial charge < -0.3 is 14.6 Å². The number of ether oxygens (including phenoxy) is 1. The molecule has 0 saturated heterocycles. The first-order valence-corrected chi connectivity index (χ1v) is 8.85. The van der Waals surface area contributed by atoms with Gasteiger partial charge in [0.2, 0.25) is 5.91 Å². The van der Waals surface area contributed by atoms with Crippen LogP contribution >= 0.6 is 0 Å². The number of amides is 1. The highest BCUT2D eigenvalue weighted by molar-refractivity contribution is 5.80. The summed E-state index contributed by atoms with van der Waals surface area (Å²) < 4.78 is 21.3. The van der Waals surface area contributed by atoms with Crippen molar-refractivity contribution in [3.05, 3.63) is 83.7 Å². The Kier molecular flexibility index (Phi) is 4.62. The van der Waals surface area contributed by atoms with E-state index in [4.69, 9.17) is 4.74 Å². The molecule has 3 aromatic rings. The predicted molar refractivity (Wildman–Crippen MR) is 98.7 cm³/mol. The maximum Gasteiger partial charge on any atom is 0.227 e. The van der Waals surface area contributed by atoms with Crippen molar-refractivity contribution < 1.29 is 13.9 Å². The Bertz CT molecular complexity index is 969. The lowest BCUT2D eigenvalue weighted by Gasteiger charge is -2.27. The van der Waals surface area contributed by atoms with E-state index in [-0.39, 0.29) is 17.6 Å². The van der Waals surface area contributed by atoms with Crippen molar-refractivity contribution >= 4 is 5.91 Å². The summed E-state index contributed by atoms with van der Waals surface area (Å²) in [6.45, 7) is 0.319. The molecular weight excluding hydrogens is 345 g/mol. The molecule has 2 aromatic carbocycles. The summed E-state index contributed by atoms with van der Waals surface area (Å²) in [6, 6.07) is 13.4. The highest BCUT2D eigenvalue weighted by Crippen LogP contribution is 2.28. The van der Waals surface area contributed by atoms with E-state index in [0.29, 0.717) is 24.4 Å². The van der Waals surface area contributed by atoms with Gasteiger partial charge in [-0.15, -0.1) is 0 Å². The molecule has 2 atom stereocenters. The number of hydrogen-bond acceptors (Lipinski definition) is 3. The molecule has 4 rings (SSSR count). The fourth-order valence-electron chi connectivity index (χ4n) is 3.39. The van der Waals surface area contributed by atoms with Crippen molar-refractivity contribution in [1.29, 1.82) is 0 Å². The molecule has 138 valence electrons. The summed E-state index contributed by atoms with van der Waals surface area (Å²) in [5.74, 6) is 0.673. The van der Waals surface area contributed by atoms with Gasteiger partial charge in [0.25, 0.3) is 0 Å². The Hall–Kier alpha value is -3.15. The topological polar surface area (TPSA) is 56.2 Å². The summed E-state index contributed by atoms with van der Waals surface area (Å²) >= 11 is 0. The van der Waals surface area contributed by atoms with Crippen molar-refractivity contribution in [2.24, 2.45) is 13.0 Å². The van der Waals surface area contributed by atoms with Crippen LogP contribution < -0.4 is 10.1 Å². The second-order valence-electron chi connectivity index (χ2n) is 6.71. The van der Waals surface area contributed by atoms with Crippen LogP contribution in [0.2, 0.25) is 0 Å². The van der Waals surface area contributed by atoms with Crippen LogP contribution in [0.25, 0.3) is 0 Å². The molecule has 1 aliphatic rings. The van der Waals surface area contributed by atoms with Gasteiger partial charge in [0.05, 0.1) is 5.92 Å². The number of halogens is 1. The first-order valence-electron chi connectivity index (χ1n) is 8.85. The largest absolute Gasteiger partial charge is 0.492 e. The van der Waals surface area contributed by atoms with Crippen molar-refractivity contribution in [2.45, 2.75) is 12.5 Å². The minimum Gasteiger partial charge on any atom is -0.492 e. The van der Waals surface area contributed by atoms with Crippen LogP contribution in [0.4, 0.5) is 4.39 Å². The van der Waals surface area contributed by atoms with Gasteiger partial charge >= 0.3 is 0 Å². The molecule has 2 heterocycles. The van der Waals surface area contributed by atoms with Gasteiger partial charge in [0.1, 0.15) is 30.0 Å². The lowest BCUT2D eigenvalue weighted by atomic mass is 9.95. The van der Waals surface area contributed by atoms with E-state index < -0.39 is 6.04 Å². The van der Waals surface area contributed by atoms with E-state index in [1.807, 2.05) is 35.9 Å². The zero-order valence-electron chi connectivity index (χ0n) is 14.9. The fourth-order valence-corrected chi connectivity index (χ4v) is 3.39. The van der Waals surface area contributed by atoms with Gasteiger partial charge in [-0.3, -0.25) is 4.79 Å². The first kappa shape index (κ1) is 17.3. The monoisotopic (exact) mass is 365 g/mol. The minimum absolute atomic E-state index is 0.137. The van der Waals surface area contributed by atoms with E-state index in [9.17, 15) is 9.18 Å². The molecule has 1 aromatic heterocycles. The van der Waals surface area contributed by atoms with Gasteiger partial charge in [-0.25, -0.2) is 9.37 Å². The summed E-state index contributed by atoms with van der Waals surface area (Å²) in [7, 11) is 1.85. The molecule has 0 fully saturated rings. The lowest BCUT2D eigenvalue weighted by Crippen LogP contribution is -2.40. The zero-order valence-corrected chi connectivity index (χ0v) is 14.9. The third-order valence-corrected chi connectivity index (χ3v) is 4.83. The number of carbonyl (C=O) groups excluding carboxylic acids is 1. The number of aromatic nitrogens is 2. The maximum atomic E-state index is 13.8. The highest BCUT2D eigenvalue weighted by atomic mass is 19.1. The van der Waals surface area contributed by atoms with Gasteiger partial charge in [0, 0.05) is 19.4 Å². The third-order valence-electron chi connectivity index (χ3n) is 4.83. The van der Waals surface area contributed by atoms with Crippen molar-refractivity contribution in [3.8, 4) is 5.75 Å². The highest BCUT2D eigenvalue weighted by Gasteiger charge is 2.29. The first-order chi connectivity index (χ1) is 13.1. The quantitative estimate of drug-likeness (QED) is 0.773. The van der Waals surface area contributed by atoms with E-state index in [1.54, 1.807) is 24.5 Å². The van der Waals surface area contributed by atoms with E-state index in [2.05, 4.69) is 10.3 Å². The van der Waals surface area contributed by atoms with Gasteiger partial charge in [-0.2, -0.15) is 0 Å². The van der Waals surface area contributed by atoms with Crippen LogP contribution in [0.15, 0.2) is 60.9 Å². The number of nitrogens with zero attached hydrogens (tertiary/aromatic N) is 2.